The van der Waals surface area contributed by atoms with Crippen molar-refractivity contribution in [1.29, 1.82) is 0 Å². The molecular formula is C29H42N2O4. The highest BCUT2D eigenvalue weighted by Crippen LogP contribution is 2.21. The number of carbonyl (C=O) groups excluding carboxylic acids is 2. The lowest BCUT2D eigenvalue weighted by atomic mass is 10.0. The van der Waals surface area contributed by atoms with Gasteiger partial charge < -0.3 is 10.2 Å². The molecule has 6 heteroatoms. The first kappa shape index (κ1) is 28.5. The van der Waals surface area contributed by atoms with Gasteiger partial charge in [-0.3, -0.25) is 15.0 Å². The topological polar surface area (TPSA) is 89.9 Å². The van der Waals surface area contributed by atoms with Crippen molar-refractivity contribution >= 4 is 11.8 Å². The Balaban J connectivity index is 1.96. The molecule has 2 rings (SSSR count). The predicted molar refractivity (Wildman–Crippen MR) is 139 cm³/mol. The van der Waals surface area contributed by atoms with E-state index in [2.05, 4.69) is 12.3 Å². The first-order valence-corrected chi connectivity index (χ1v) is 13.1. The highest BCUT2D eigenvalue weighted by atomic mass is 16.3. The maximum atomic E-state index is 13.2. The number of aliphatic hydroxyl groups is 2. The molecule has 2 aromatic rings. The summed E-state index contributed by atoms with van der Waals surface area (Å²) in [5, 5.41) is 22.0. The summed E-state index contributed by atoms with van der Waals surface area (Å²) in [5.74, 6) is -0.671. The fourth-order valence-corrected chi connectivity index (χ4v) is 4.16. The van der Waals surface area contributed by atoms with Gasteiger partial charge in [-0.25, -0.2) is 5.01 Å². The third-order valence-corrected chi connectivity index (χ3v) is 6.28. The SMILES string of the molecule is CCCCCCCCCCCC(=O)N(NC(=O)c1ccccc1)[C@@H](CO)C[C@@H](O)c1ccccc1. The number of aliphatic hydroxyl groups excluding tert-OH is 2. The van der Waals surface area contributed by atoms with Gasteiger partial charge in [0.2, 0.25) is 5.91 Å². The molecule has 0 aliphatic rings. The quantitative estimate of drug-likeness (QED) is 0.216. The van der Waals surface area contributed by atoms with Crippen molar-refractivity contribution in [2.75, 3.05) is 6.61 Å². The predicted octanol–water partition coefficient (Wildman–Crippen LogP) is 5.57. The molecular weight excluding hydrogens is 440 g/mol. The van der Waals surface area contributed by atoms with Gasteiger partial charge in [0.25, 0.3) is 5.91 Å². The van der Waals surface area contributed by atoms with E-state index >= 15 is 0 Å². The first-order valence-electron chi connectivity index (χ1n) is 13.1. The maximum absolute atomic E-state index is 13.2. The summed E-state index contributed by atoms with van der Waals surface area (Å²) in [5.41, 5.74) is 3.82. The van der Waals surface area contributed by atoms with Crippen molar-refractivity contribution in [3.63, 3.8) is 0 Å². The number of hydrogen-bond acceptors (Lipinski definition) is 4. The van der Waals surface area contributed by atoms with Crippen LogP contribution < -0.4 is 5.43 Å². The Kier molecular flexibility index (Phi) is 13.7. The summed E-state index contributed by atoms with van der Waals surface area (Å²) in [6.07, 6.45) is 9.81. The molecule has 0 aliphatic heterocycles. The lowest BCUT2D eigenvalue weighted by molar-refractivity contribution is -0.138. The Bertz CT molecular complexity index is 844. The summed E-state index contributed by atoms with van der Waals surface area (Å²) < 4.78 is 0. The third-order valence-electron chi connectivity index (χ3n) is 6.28. The molecule has 35 heavy (non-hydrogen) atoms. The molecule has 192 valence electrons. The van der Waals surface area contributed by atoms with Crippen LogP contribution in [0, 0.1) is 0 Å². The molecule has 0 saturated carbocycles. The fourth-order valence-electron chi connectivity index (χ4n) is 4.16. The van der Waals surface area contributed by atoms with Crippen LogP contribution in [0.25, 0.3) is 0 Å². The zero-order chi connectivity index (χ0) is 25.3. The third kappa shape index (κ3) is 10.6. The average Bonchev–Trinajstić information content (AvgIpc) is 2.90. The van der Waals surface area contributed by atoms with E-state index in [4.69, 9.17) is 0 Å². The molecule has 0 saturated heterocycles. The molecule has 2 atom stereocenters. The van der Waals surface area contributed by atoms with Gasteiger partial charge in [-0.15, -0.1) is 0 Å². The molecule has 0 aromatic heterocycles. The van der Waals surface area contributed by atoms with Gasteiger partial charge in [0, 0.05) is 18.4 Å². The number of rotatable bonds is 16. The second-order valence-corrected chi connectivity index (χ2v) is 9.15. The number of carbonyl (C=O) groups is 2. The zero-order valence-corrected chi connectivity index (χ0v) is 21.1. The van der Waals surface area contributed by atoms with E-state index in [0.29, 0.717) is 11.1 Å². The van der Waals surface area contributed by atoms with Crippen LogP contribution in [0.4, 0.5) is 0 Å². The van der Waals surface area contributed by atoms with E-state index in [0.717, 1.165) is 19.3 Å². The van der Waals surface area contributed by atoms with E-state index in [1.165, 1.54) is 43.5 Å². The van der Waals surface area contributed by atoms with E-state index in [9.17, 15) is 19.8 Å². The molecule has 0 spiro atoms. The van der Waals surface area contributed by atoms with Crippen LogP contribution in [0.3, 0.4) is 0 Å². The molecule has 2 aromatic carbocycles. The van der Waals surface area contributed by atoms with Crippen LogP contribution in [0.1, 0.15) is 99.6 Å². The van der Waals surface area contributed by atoms with Gasteiger partial charge in [0.1, 0.15) is 0 Å². The first-order chi connectivity index (χ1) is 17.1. The number of nitrogens with zero attached hydrogens (tertiary/aromatic N) is 1. The molecule has 0 aliphatic carbocycles. The summed E-state index contributed by atoms with van der Waals surface area (Å²) in [6.45, 7) is 1.84. The van der Waals surface area contributed by atoms with Gasteiger partial charge in [0.15, 0.2) is 0 Å². The van der Waals surface area contributed by atoms with E-state index < -0.39 is 18.1 Å². The van der Waals surface area contributed by atoms with E-state index in [-0.39, 0.29) is 25.4 Å². The molecule has 0 unspecified atom stereocenters. The highest BCUT2D eigenvalue weighted by Gasteiger charge is 2.28. The lowest BCUT2D eigenvalue weighted by Crippen LogP contribution is -2.53. The number of benzene rings is 2. The van der Waals surface area contributed by atoms with Crippen LogP contribution in [0.5, 0.6) is 0 Å². The van der Waals surface area contributed by atoms with Crippen molar-refractivity contribution in [2.24, 2.45) is 0 Å². The molecule has 0 fully saturated rings. The van der Waals surface area contributed by atoms with Crippen LogP contribution in [-0.2, 0) is 4.79 Å². The Morgan fingerprint density at radius 2 is 1.37 bits per heavy atom. The van der Waals surface area contributed by atoms with Crippen LogP contribution in [-0.4, -0.2) is 39.7 Å². The summed E-state index contributed by atoms with van der Waals surface area (Å²) in [6, 6.07) is 17.0. The molecule has 0 radical (unpaired) electrons. The fraction of sp³-hybridized carbons (Fsp3) is 0.517. The minimum Gasteiger partial charge on any atom is -0.394 e. The van der Waals surface area contributed by atoms with Crippen LogP contribution in [0.2, 0.25) is 0 Å². The van der Waals surface area contributed by atoms with Gasteiger partial charge in [-0.05, 0) is 24.1 Å². The summed E-state index contributed by atoms with van der Waals surface area (Å²) >= 11 is 0. The van der Waals surface area contributed by atoms with Gasteiger partial charge in [-0.2, -0.15) is 0 Å². The summed E-state index contributed by atoms with van der Waals surface area (Å²) in [7, 11) is 0. The Hall–Kier alpha value is -2.70. The minimum absolute atomic E-state index is 0.110. The normalized spacial score (nSPS) is 12.7. The summed E-state index contributed by atoms with van der Waals surface area (Å²) in [4.78, 5) is 26.0. The monoisotopic (exact) mass is 482 g/mol. The molecule has 6 nitrogen and oxygen atoms in total. The van der Waals surface area contributed by atoms with Crippen molar-refractivity contribution in [3.8, 4) is 0 Å². The van der Waals surface area contributed by atoms with Gasteiger partial charge in [0.05, 0.1) is 18.8 Å². The standard InChI is InChI=1S/C29H42N2O4/c1-2-3-4-5-6-7-8-9-16-21-28(34)31(30-29(35)25-19-14-11-15-20-25)26(23-32)22-27(33)24-17-12-10-13-18-24/h10-15,17-20,26-27,32-33H,2-9,16,21-23H2,1H3,(H,30,35)/t26-,27-/m1/s1. The number of nitrogens with one attached hydrogen (secondary N) is 1. The van der Waals surface area contributed by atoms with Crippen LogP contribution in [0.15, 0.2) is 60.7 Å². The molecule has 0 heterocycles. The van der Waals surface area contributed by atoms with Crippen molar-refractivity contribution in [3.05, 3.63) is 71.8 Å². The van der Waals surface area contributed by atoms with Crippen molar-refractivity contribution in [2.45, 2.75) is 89.7 Å². The Labute approximate surface area is 210 Å². The average molecular weight is 483 g/mol. The highest BCUT2D eigenvalue weighted by molar-refractivity contribution is 5.95. The van der Waals surface area contributed by atoms with Gasteiger partial charge in [-0.1, -0.05) is 107 Å². The zero-order valence-electron chi connectivity index (χ0n) is 21.1. The second-order valence-electron chi connectivity index (χ2n) is 9.15. The molecule has 2 amide bonds. The largest absolute Gasteiger partial charge is 0.394 e. The van der Waals surface area contributed by atoms with Gasteiger partial charge >= 0.3 is 0 Å². The number of unbranched alkanes of at least 4 members (excludes halogenated alkanes) is 8. The van der Waals surface area contributed by atoms with E-state index in [1.807, 2.05) is 24.3 Å². The lowest BCUT2D eigenvalue weighted by Gasteiger charge is -2.32. The number of hydrogen-bond donors (Lipinski definition) is 3. The van der Waals surface area contributed by atoms with Crippen molar-refractivity contribution in [1.82, 2.24) is 10.4 Å². The smallest absolute Gasteiger partial charge is 0.269 e. The minimum atomic E-state index is -0.870. The van der Waals surface area contributed by atoms with E-state index in [1.54, 1.807) is 36.4 Å². The molecule has 3 N–H and O–H groups in total. The number of hydrazine groups is 1. The Morgan fingerprint density at radius 1 is 0.829 bits per heavy atom. The maximum Gasteiger partial charge on any atom is 0.269 e. The van der Waals surface area contributed by atoms with Crippen molar-refractivity contribution < 1.29 is 19.8 Å². The second kappa shape index (κ2) is 16.8. The Morgan fingerprint density at radius 3 is 1.94 bits per heavy atom. The molecule has 0 bridgehead atoms. The van der Waals surface area contributed by atoms with Crippen LogP contribution >= 0.6 is 0 Å². The number of amides is 2.